The summed E-state index contributed by atoms with van der Waals surface area (Å²) in [6.07, 6.45) is 2.62. The maximum atomic E-state index is 13.2. The van der Waals surface area contributed by atoms with Crippen molar-refractivity contribution >= 4 is 31.6 Å². The lowest BCUT2D eigenvalue weighted by atomic mass is 9.80. The molecule has 0 heterocycles. The first kappa shape index (κ1) is 13.8. The van der Waals surface area contributed by atoms with Crippen LogP contribution in [0.4, 0.5) is 10.1 Å². The van der Waals surface area contributed by atoms with E-state index in [-0.39, 0.29) is 15.1 Å². The van der Waals surface area contributed by atoms with Gasteiger partial charge in [-0.2, -0.15) is 0 Å². The molecule has 4 nitrogen and oxygen atoms in total. The largest absolute Gasteiger partial charge is 0.396 e. The lowest BCUT2D eigenvalue weighted by Gasteiger charge is -2.38. The van der Waals surface area contributed by atoms with Gasteiger partial charge in [0.05, 0.1) is 10.6 Å². The number of nitrogen functional groups attached to an aromatic ring is 1. The van der Waals surface area contributed by atoms with Crippen LogP contribution in [0.1, 0.15) is 26.2 Å². The molecule has 1 fully saturated rings. The van der Waals surface area contributed by atoms with E-state index in [0.29, 0.717) is 0 Å². The third kappa shape index (κ3) is 2.53. The van der Waals surface area contributed by atoms with E-state index in [1.165, 1.54) is 0 Å². The van der Waals surface area contributed by atoms with Crippen molar-refractivity contribution in [3.8, 4) is 0 Å². The lowest BCUT2D eigenvalue weighted by Crippen LogP contribution is -2.50. The van der Waals surface area contributed by atoms with Crippen molar-refractivity contribution in [3.63, 3.8) is 0 Å². The average molecular weight is 337 g/mol. The Hall–Kier alpha value is -0.660. The number of hydrogen-bond donors (Lipinski definition) is 2. The van der Waals surface area contributed by atoms with Crippen LogP contribution in [-0.2, 0) is 10.0 Å². The van der Waals surface area contributed by atoms with Crippen molar-refractivity contribution in [1.82, 2.24) is 4.72 Å². The molecule has 0 aliphatic heterocycles. The smallest absolute Gasteiger partial charge is 0.242 e. The minimum atomic E-state index is -3.69. The summed E-state index contributed by atoms with van der Waals surface area (Å²) in [6, 6.07) is 2.19. The molecule has 2 rings (SSSR count). The van der Waals surface area contributed by atoms with Crippen LogP contribution >= 0.6 is 15.9 Å². The number of rotatable bonds is 3. The third-order valence-electron chi connectivity index (χ3n) is 3.18. The number of sulfonamides is 1. The molecule has 0 unspecified atom stereocenters. The Kier molecular flexibility index (Phi) is 3.42. The Morgan fingerprint density at radius 2 is 2.06 bits per heavy atom. The van der Waals surface area contributed by atoms with Crippen LogP contribution in [0.25, 0.3) is 0 Å². The molecular formula is C11H14BrFN2O2S. The lowest BCUT2D eigenvalue weighted by molar-refractivity contribution is 0.248. The minimum absolute atomic E-state index is 0.0328. The minimum Gasteiger partial charge on any atom is -0.396 e. The third-order valence-corrected chi connectivity index (χ3v) is 5.78. The molecule has 1 aromatic rings. The number of halogens is 2. The topological polar surface area (TPSA) is 72.2 Å². The monoisotopic (exact) mass is 336 g/mol. The number of nitrogens with two attached hydrogens (primary N) is 1. The van der Waals surface area contributed by atoms with Crippen LogP contribution < -0.4 is 10.5 Å². The van der Waals surface area contributed by atoms with Gasteiger partial charge in [-0.25, -0.2) is 17.5 Å². The van der Waals surface area contributed by atoms with E-state index < -0.39 is 21.4 Å². The molecule has 1 aliphatic rings. The Labute approximate surface area is 114 Å². The van der Waals surface area contributed by atoms with E-state index in [1.807, 2.05) is 6.92 Å². The summed E-state index contributed by atoms with van der Waals surface area (Å²) in [5, 5.41) is 0. The van der Waals surface area contributed by atoms with Crippen molar-refractivity contribution in [2.24, 2.45) is 0 Å². The van der Waals surface area contributed by atoms with Crippen molar-refractivity contribution in [1.29, 1.82) is 0 Å². The molecule has 0 aromatic heterocycles. The van der Waals surface area contributed by atoms with Gasteiger partial charge in [0.15, 0.2) is 0 Å². The fraction of sp³-hybridized carbons (Fsp3) is 0.455. The van der Waals surface area contributed by atoms with E-state index in [2.05, 4.69) is 20.7 Å². The summed E-state index contributed by atoms with van der Waals surface area (Å²) in [7, 11) is -3.69. The van der Waals surface area contributed by atoms with Gasteiger partial charge in [-0.1, -0.05) is 0 Å². The second-order valence-corrected chi connectivity index (χ2v) is 7.33. The van der Waals surface area contributed by atoms with Crippen molar-refractivity contribution in [2.45, 2.75) is 36.6 Å². The zero-order valence-corrected chi connectivity index (χ0v) is 12.2. The van der Waals surface area contributed by atoms with Crippen LogP contribution in [0.2, 0.25) is 0 Å². The quantitative estimate of drug-likeness (QED) is 0.832. The van der Waals surface area contributed by atoms with E-state index in [4.69, 9.17) is 5.73 Å². The SMILES string of the molecule is CC1(NS(=O)(=O)c2cc(N)c(F)cc2Br)CCC1. The van der Waals surface area contributed by atoms with Gasteiger partial charge in [-0.05, 0) is 54.2 Å². The highest BCUT2D eigenvalue weighted by atomic mass is 79.9. The van der Waals surface area contributed by atoms with Gasteiger partial charge < -0.3 is 5.73 Å². The zero-order chi connectivity index (χ0) is 13.6. The molecule has 100 valence electrons. The molecule has 1 aliphatic carbocycles. The molecule has 18 heavy (non-hydrogen) atoms. The number of nitrogens with one attached hydrogen (secondary N) is 1. The van der Waals surface area contributed by atoms with Gasteiger partial charge in [0.1, 0.15) is 5.82 Å². The fourth-order valence-corrected chi connectivity index (χ4v) is 4.45. The van der Waals surface area contributed by atoms with E-state index in [9.17, 15) is 12.8 Å². The van der Waals surface area contributed by atoms with Crippen LogP contribution in [0.15, 0.2) is 21.5 Å². The molecule has 0 spiro atoms. The molecule has 0 atom stereocenters. The standard InChI is InChI=1S/C11H14BrFN2O2S/c1-11(3-2-4-11)15-18(16,17)10-6-9(14)8(13)5-7(10)12/h5-6,15H,2-4,14H2,1H3. The zero-order valence-electron chi connectivity index (χ0n) is 9.83. The fourth-order valence-electron chi connectivity index (χ4n) is 1.94. The van der Waals surface area contributed by atoms with E-state index >= 15 is 0 Å². The highest BCUT2D eigenvalue weighted by Crippen LogP contribution is 2.34. The first-order valence-corrected chi connectivity index (χ1v) is 7.80. The predicted octanol–water partition coefficient (Wildman–Crippen LogP) is 2.39. The first-order valence-electron chi connectivity index (χ1n) is 5.52. The predicted molar refractivity (Wildman–Crippen MR) is 71.1 cm³/mol. The summed E-state index contributed by atoms with van der Waals surface area (Å²) in [5.74, 6) is -0.643. The molecule has 3 N–H and O–H groups in total. The molecule has 1 aromatic carbocycles. The molecule has 0 radical (unpaired) electrons. The highest BCUT2D eigenvalue weighted by Gasteiger charge is 2.36. The normalized spacial score (nSPS) is 18.4. The van der Waals surface area contributed by atoms with Crippen LogP contribution in [0, 0.1) is 5.82 Å². The van der Waals surface area contributed by atoms with Gasteiger partial charge in [0.2, 0.25) is 10.0 Å². The Bertz CT molecular complexity index is 585. The Morgan fingerprint density at radius 1 is 1.44 bits per heavy atom. The number of anilines is 1. The van der Waals surface area contributed by atoms with Crippen LogP contribution in [0.3, 0.4) is 0 Å². The Morgan fingerprint density at radius 3 is 2.56 bits per heavy atom. The van der Waals surface area contributed by atoms with Crippen LogP contribution in [0.5, 0.6) is 0 Å². The highest BCUT2D eigenvalue weighted by molar-refractivity contribution is 9.10. The number of hydrogen-bond acceptors (Lipinski definition) is 3. The molecule has 1 saturated carbocycles. The molecule has 0 amide bonds. The van der Waals surface area contributed by atoms with Crippen molar-refractivity contribution in [2.75, 3.05) is 5.73 Å². The van der Waals surface area contributed by atoms with Crippen molar-refractivity contribution < 1.29 is 12.8 Å². The average Bonchev–Trinajstić information content (AvgIpc) is 2.20. The summed E-state index contributed by atoms with van der Waals surface area (Å²) in [6.45, 7) is 1.86. The van der Waals surface area contributed by atoms with Crippen molar-refractivity contribution in [3.05, 3.63) is 22.4 Å². The first-order chi connectivity index (χ1) is 8.23. The second-order valence-electron chi connectivity index (χ2n) is 4.82. The Balaban J connectivity index is 2.38. The maximum absolute atomic E-state index is 13.2. The van der Waals surface area contributed by atoms with Gasteiger partial charge >= 0.3 is 0 Å². The summed E-state index contributed by atoms with van der Waals surface area (Å²) in [5.41, 5.74) is 4.82. The van der Waals surface area contributed by atoms with Gasteiger partial charge in [0.25, 0.3) is 0 Å². The maximum Gasteiger partial charge on any atom is 0.242 e. The van der Waals surface area contributed by atoms with Gasteiger partial charge in [-0.3, -0.25) is 0 Å². The summed E-state index contributed by atoms with van der Waals surface area (Å²) in [4.78, 5) is -0.0328. The molecule has 7 heteroatoms. The van der Waals surface area contributed by atoms with Crippen LogP contribution in [-0.4, -0.2) is 14.0 Å². The summed E-state index contributed by atoms with van der Waals surface area (Å²) >= 11 is 3.05. The molecule has 0 bridgehead atoms. The van der Waals surface area contributed by atoms with E-state index in [1.54, 1.807) is 0 Å². The summed E-state index contributed by atoms with van der Waals surface area (Å²) < 4.78 is 40.4. The number of benzene rings is 1. The van der Waals surface area contributed by atoms with Gasteiger partial charge in [-0.15, -0.1) is 0 Å². The molecule has 0 saturated heterocycles. The van der Waals surface area contributed by atoms with Gasteiger partial charge in [0, 0.05) is 10.0 Å². The second kappa shape index (κ2) is 4.47. The van der Waals surface area contributed by atoms with E-state index in [0.717, 1.165) is 31.4 Å². The molecular weight excluding hydrogens is 323 g/mol.